The average Bonchev–Trinajstić information content (AvgIpc) is 2.25. The molecule has 0 saturated heterocycles. The second-order valence-corrected chi connectivity index (χ2v) is 7.02. The van der Waals surface area contributed by atoms with Crippen LogP contribution < -0.4 is 4.72 Å². The van der Waals surface area contributed by atoms with Crippen molar-refractivity contribution in [3.63, 3.8) is 0 Å². The first-order valence-corrected chi connectivity index (χ1v) is 7.78. The lowest BCUT2D eigenvalue weighted by atomic mass is 9.83. The van der Waals surface area contributed by atoms with Gasteiger partial charge in [-0.05, 0) is 43.4 Å². The molecule has 0 amide bonds. The van der Waals surface area contributed by atoms with Gasteiger partial charge in [-0.1, -0.05) is 6.92 Å². The predicted molar refractivity (Wildman–Crippen MR) is 72.3 cm³/mol. The average molecular weight is 299 g/mol. The van der Waals surface area contributed by atoms with Crippen LogP contribution in [-0.4, -0.2) is 30.6 Å². The maximum absolute atomic E-state index is 12.3. The Morgan fingerprint density at radius 3 is 2.45 bits per heavy atom. The molecular weight excluding hydrogens is 282 g/mol. The summed E-state index contributed by atoms with van der Waals surface area (Å²) in [6.07, 6.45) is 1.56. The molecule has 1 aliphatic carbocycles. The number of rotatable bonds is 4. The number of aryl methyl sites for hydroxylation is 1. The molecule has 0 unspecified atom stereocenters. The van der Waals surface area contributed by atoms with Gasteiger partial charge >= 0.3 is 5.97 Å². The predicted octanol–water partition coefficient (Wildman–Crippen LogP) is 1.48. The number of aromatic carboxylic acids is 1. The number of carbonyl (C=O) groups is 1. The highest BCUT2D eigenvalue weighted by Gasteiger charge is 2.31. The molecule has 0 heterocycles. The molecule has 0 atom stereocenters. The van der Waals surface area contributed by atoms with E-state index in [1.807, 2.05) is 6.92 Å². The minimum absolute atomic E-state index is 0.100. The van der Waals surface area contributed by atoms with E-state index in [0.29, 0.717) is 11.5 Å². The molecule has 1 fully saturated rings. The van der Waals surface area contributed by atoms with E-state index in [1.165, 1.54) is 6.92 Å². The summed E-state index contributed by atoms with van der Waals surface area (Å²) < 4.78 is 27.1. The lowest BCUT2D eigenvalue weighted by molar-refractivity contribution is 0.0693. The summed E-state index contributed by atoms with van der Waals surface area (Å²) in [5.74, 6) is -1.30. The number of nitrogens with one attached hydrogen (secondary N) is 1. The molecule has 0 radical (unpaired) electrons. The third kappa shape index (κ3) is 2.78. The van der Waals surface area contributed by atoms with Crippen LogP contribution in [0.4, 0.5) is 0 Å². The minimum Gasteiger partial charge on any atom is -0.507 e. The third-order valence-electron chi connectivity index (χ3n) is 3.51. The number of hydrogen-bond acceptors (Lipinski definition) is 4. The molecule has 3 N–H and O–H groups in total. The van der Waals surface area contributed by atoms with Crippen LogP contribution in [0.1, 0.15) is 35.7 Å². The molecule has 0 aliphatic heterocycles. The van der Waals surface area contributed by atoms with E-state index in [9.17, 15) is 18.3 Å². The molecule has 0 bridgehead atoms. The van der Waals surface area contributed by atoms with Crippen molar-refractivity contribution < 1.29 is 23.4 Å². The van der Waals surface area contributed by atoms with Gasteiger partial charge < -0.3 is 10.2 Å². The van der Waals surface area contributed by atoms with Crippen molar-refractivity contribution in [1.82, 2.24) is 4.72 Å². The van der Waals surface area contributed by atoms with Crippen LogP contribution in [-0.2, 0) is 10.0 Å². The van der Waals surface area contributed by atoms with E-state index in [4.69, 9.17) is 5.11 Å². The van der Waals surface area contributed by atoms with Crippen molar-refractivity contribution in [1.29, 1.82) is 0 Å². The second kappa shape index (κ2) is 5.06. The molecular formula is C13H17NO5S. The van der Waals surface area contributed by atoms with Crippen LogP contribution in [0.2, 0.25) is 0 Å². The lowest BCUT2D eigenvalue weighted by Gasteiger charge is -2.33. The highest BCUT2D eigenvalue weighted by Crippen LogP contribution is 2.30. The summed E-state index contributed by atoms with van der Waals surface area (Å²) >= 11 is 0. The maximum Gasteiger partial charge on any atom is 0.339 e. The summed E-state index contributed by atoms with van der Waals surface area (Å²) in [6, 6.07) is 2.05. The summed E-state index contributed by atoms with van der Waals surface area (Å²) in [7, 11) is -3.77. The third-order valence-corrected chi connectivity index (χ3v) is 5.17. The van der Waals surface area contributed by atoms with Crippen LogP contribution >= 0.6 is 0 Å². The summed E-state index contributed by atoms with van der Waals surface area (Å²) in [5.41, 5.74) is -0.106. The first-order valence-electron chi connectivity index (χ1n) is 6.30. The Balaban J connectivity index is 2.35. The van der Waals surface area contributed by atoms with Crippen molar-refractivity contribution in [2.45, 2.75) is 37.6 Å². The van der Waals surface area contributed by atoms with Gasteiger partial charge in [-0.15, -0.1) is 0 Å². The molecule has 1 aromatic rings. The first-order chi connectivity index (χ1) is 9.20. The van der Waals surface area contributed by atoms with Gasteiger partial charge in [0, 0.05) is 6.04 Å². The Morgan fingerprint density at radius 2 is 1.95 bits per heavy atom. The number of sulfonamides is 1. The molecule has 0 aromatic heterocycles. The number of benzene rings is 1. The van der Waals surface area contributed by atoms with Gasteiger partial charge in [-0.3, -0.25) is 0 Å². The molecule has 0 spiro atoms. The standard InChI is InChI=1S/C13H17NO5S/c1-7-3-9(4-7)14-20(18,19)12-6-10(13(16)17)11(15)5-8(12)2/h5-7,9,14-15H,3-4H2,1-2H3,(H,16,17). The van der Waals surface area contributed by atoms with Gasteiger partial charge in [0.15, 0.2) is 0 Å². The zero-order chi connectivity index (χ0) is 15.1. The Kier molecular flexibility index (Phi) is 3.75. The monoisotopic (exact) mass is 299 g/mol. The van der Waals surface area contributed by atoms with Gasteiger partial charge in [0.1, 0.15) is 11.3 Å². The summed E-state index contributed by atoms with van der Waals surface area (Å²) in [4.78, 5) is 10.9. The largest absolute Gasteiger partial charge is 0.507 e. The van der Waals surface area contributed by atoms with Crippen LogP contribution in [0.5, 0.6) is 5.75 Å². The summed E-state index contributed by atoms with van der Waals surface area (Å²) in [6.45, 7) is 3.56. The van der Waals surface area contributed by atoms with Crippen molar-refractivity contribution in [2.24, 2.45) is 5.92 Å². The topological polar surface area (TPSA) is 104 Å². The van der Waals surface area contributed by atoms with Crippen LogP contribution in [0, 0.1) is 12.8 Å². The number of carboxylic acid groups (broad SMARTS) is 1. The fraction of sp³-hybridized carbons (Fsp3) is 0.462. The van der Waals surface area contributed by atoms with Crippen molar-refractivity contribution in [3.05, 3.63) is 23.3 Å². The van der Waals surface area contributed by atoms with Crippen LogP contribution in [0.25, 0.3) is 0 Å². The van der Waals surface area contributed by atoms with Gasteiger partial charge in [0.25, 0.3) is 0 Å². The van der Waals surface area contributed by atoms with E-state index in [1.54, 1.807) is 0 Å². The fourth-order valence-electron chi connectivity index (χ4n) is 2.42. The van der Waals surface area contributed by atoms with E-state index < -0.39 is 27.3 Å². The zero-order valence-electron chi connectivity index (χ0n) is 11.3. The first kappa shape index (κ1) is 14.8. The van der Waals surface area contributed by atoms with Crippen LogP contribution in [0.3, 0.4) is 0 Å². The molecule has 1 aliphatic rings. The smallest absolute Gasteiger partial charge is 0.339 e. The Bertz CT molecular complexity index is 647. The second-order valence-electron chi connectivity index (χ2n) is 5.33. The molecule has 20 heavy (non-hydrogen) atoms. The normalized spacial score (nSPS) is 22.3. The van der Waals surface area contributed by atoms with Crippen molar-refractivity contribution >= 4 is 16.0 Å². The van der Waals surface area contributed by atoms with Crippen molar-refractivity contribution in [3.8, 4) is 5.75 Å². The Labute approximate surface area is 117 Å². The number of hydrogen-bond donors (Lipinski definition) is 3. The maximum atomic E-state index is 12.3. The molecule has 110 valence electrons. The van der Waals surface area contributed by atoms with Gasteiger partial charge in [-0.25, -0.2) is 17.9 Å². The molecule has 1 saturated carbocycles. The van der Waals surface area contributed by atoms with E-state index >= 15 is 0 Å². The van der Waals surface area contributed by atoms with E-state index in [0.717, 1.165) is 25.0 Å². The number of carboxylic acids is 1. The molecule has 7 heteroatoms. The minimum atomic E-state index is -3.77. The Hall–Kier alpha value is -1.60. The summed E-state index contributed by atoms with van der Waals surface area (Å²) in [5, 5.41) is 18.5. The van der Waals surface area contributed by atoms with Crippen molar-refractivity contribution in [2.75, 3.05) is 0 Å². The van der Waals surface area contributed by atoms with E-state index in [-0.39, 0.29) is 10.9 Å². The quantitative estimate of drug-likeness (QED) is 0.781. The molecule has 2 rings (SSSR count). The molecule has 6 nitrogen and oxygen atoms in total. The zero-order valence-corrected chi connectivity index (χ0v) is 12.1. The highest BCUT2D eigenvalue weighted by atomic mass is 32.2. The van der Waals surface area contributed by atoms with E-state index in [2.05, 4.69) is 4.72 Å². The van der Waals surface area contributed by atoms with Gasteiger partial charge in [-0.2, -0.15) is 0 Å². The molecule has 1 aromatic carbocycles. The number of phenols is 1. The SMILES string of the molecule is Cc1cc(O)c(C(=O)O)cc1S(=O)(=O)NC1CC(C)C1. The number of aromatic hydroxyl groups is 1. The fourth-order valence-corrected chi connectivity index (χ4v) is 3.93. The Morgan fingerprint density at radius 1 is 1.35 bits per heavy atom. The van der Waals surface area contributed by atoms with Gasteiger partial charge in [0.05, 0.1) is 4.90 Å². The lowest BCUT2D eigenvalue weighted by Crippen LogP contribution is -2.43. The van der Waals surface area contributed by atoms with Gasteiger partial charge in [0.2, 0.25) is 10.0 Å². The highest BCUT2D eigenvalue weighted by molar-refractivity contribution is 7.89. The van der Waals surface area contributed by atoms with Crippen LogP contribution in [0.15, 0.2) is 17.0 Å².